The van der Waals surface area contributed by atoms with Gasteiger partial charge in [-0.25, -0.2) is 0 Å². The zero-order valence-electron chi connectivity index (χ0n) is 11.0. The van der Waals surface area contributed by atoms with Crippen molar-refractivity contribution in [2.75, 3.05) is 18.1 Å². The number of nitrogens with zero attached hydrogens (tertiary/aromatic N) is 1. The molecule has 0 spiro atoms. The molecule has 0 aromatic heterocycles. The van der Waals surface area contributed by atoms with Gasteiger partial charge in [-0.05, 0) is 38.7 Å². The topological polar surface area (TPSA) is 43.7 Å². The molecule has 1 heterocycles. The molecule has 0 saturated carbocycles. The molecule has 2 rings (SSSR count). The van der Waals surface area contributed by atoms with Crippen molar-refractivity contribution < 1.29 is 10.2 Å². The molecule has 100 valence electrons. The fourth-order valence-electron chi connectivity index (χ4n) is 2.88. The first-order valence-corrected chi connectivity index (χ1v) is 6.88. The summed E-state index contributed by atoms with van der Waals surface area (Å²) in [6, 6.07) is 8.62. The third-order valence-corrected chi connectivity index (χ3v) is 3.77. The molecule has 18 heavy (non-hydrogen) atoms. The average Bonchev–Trinajstić information content (AvgIpc) is 2.84. The molecule has 1 aliphatic rings. The van der Waals surface area contributed by atoms with Crippen molar-refractivity contribution in [2.45, 2.75) is 44.8 Å². The summed E-state index contributed by atoms with van der Waals surface area (Å²) in [4.78, 5) is 2.40. The van der Waals surface area contributed by atoms with E-state index >= 15 is 0 Å². The van der Waals surface area contributed by atoms with Crippen LogP contribution < -0.4 is 4.90 Å². The third kappa shape index (κ3) is 2.85. The maximum absolute atomic E-state index is 9.86. The van der Waals surface area contributed by atoms with Crippen LogP contribution in [0.15, 0.2) is 24.3 Å². The Labute approximate surface area is 109 Å². The highest BCUT2D eigenvalue weighted by Gasteiger charge is 2.26. The van der Waals surface area contributed by atoms with E-state index in [1.165, 1.54) is 12.8 Å². The monoisotopic (exact) mass is 249 g/mol. The highest BCUT2D eigenvalue weighted by atomic mass is 16.3. The number of para-hydroxylation sites is 1. The summed E-state index contributed by atoms with van der Waals surface area (Å²) in [6.45, 7) is 3.14. The molecule has 1 fully saturated rings. The fraction of sp³-hybridized carbons (Fsp3) is 0.600. The average molecular weight is 249 g/mol. The van der Waals surface area contributed by atoms with E-state index in [1.807, 2.05) is 25.1 Å². The standard InChI is InChI=1S/C15H23NO2/c1-12(18)14-8-2-3-9-15(14)16-10-4-6-13(16)7-5-11-17/h2-3,8-9,12-13,17-18H,4-7,10-11H2,1H3/t12-,13?/m0/s1. The highest BCUT2D eigenvalue weighted by molar-refractivity contribution is 5.56. The predicted octanol–water partition coefficient (Wildman–Crippen LogP) is 2.48. The van der Waals surface area contributed by atoms with Crippen LogP contribution in [-0.2, 0) is 0 Å². The van der Waals surface area contributed by atoms with Gasteiger partial charge in [0.15, 0.2) is 0 Å². The lowest BCUT2D eigenvalue weighted by molar-refractivity contribution is 0.199. The number of benzene rings is 1. The number of hydrogen-bond acceptors (Lipinski definition) is 3. The Morgan fingerprint density at radius 1 is 1.39 bits per heavy atom. The Hall–Kier alpha value is -1.06. The van der Waals surface area contributed by atoms with E-state index in [2.05, 4.69) is 11.0 Å². The normalized spacial score (nSPS) is 21.3. The van der Waals surface area contributed by atoms with E-state index in [0.29, 0.717) is 6.04 Å². The first kappa shape index (κ1) is 13.4. The van der Waals surface area contributed by atoms with E-state index in [4.69, 9.17) is 5.11 Å². The second-order valence-electron chi connectivity index (χ2n) is 5.09. The van der Waals surface area contributed by atoms with E-state index in [1.54, 1.807) is 0 Å². The van der Waals surface area contributed by atoms with Gasteiger partial charge in [0.1, 0.15) is 0 Å². The van der Waals surface area contributed by atoms with Gasteiger partial charge in [-0.2, -0.15) is 0 Å². The van der Waals surface area contributed by atoms with Gasteiger partial charge in [0, 0.05) is 30.4 Å². The Morgan fingerprint density at radius 2 is 2.17 bits per heavy atom. The molecule has 1 unspecified atom stereocenters. The Kier molecular flexibility index (Phi) is 4.61. The van der Waals surface area contributed by atoms with Crippen molar-refractivity contribution in [3.63, 3.8) is 0 Å². The molecular weight excluding hydrogens is 226 g/mol. The van der Waals surface area contributed by atoms with Crippen molar-refractivity contribution in [1.29, 1.82) is 0 Å². The minimum absolute atomic E-state index is 0.266. The van der Waals surface area contributed by atoms with Gasteiger partial charge in [-0.1, -0.05) is 18.2 Å². The maximum Gasteiger partial charge on any atom is 0.0781 e. The fourth-order valence-corrected chi connectivity index (χ4v) is 2.88. The van der Waals surface area contributed by atoms with Crippen molar-refractivity contribution in [3.05, 3.63) is 29.8 Å². The van der Waals surface area contributed by atoms with Gasteiger partial charge < -0.3 is 15.1 Å². The first-order valence-electron chi connectivity index (χ1n) is 6.88. The molecule has 3 nitrogen and oxygen atoms in total. The molecular formula is C15H23NO2. The number of hydrogen-bond donors (Lipinski definition) is 2. The van der Waals surface area contributed by atoms with Gasteiger partial charge in [-0.3, -0.25) is 0 Å². The summed E-state index contributed by atoms with van der Waals surface area (Å²) >= 11 is 0. The molecule has 0 bridgehead atoms. The lowest BCUT2D eigenvalue weighted by Gasteiger charge is -2.29. The van der Waals surface area contributed by atoms with Crippen LogP contribution in [0.3, 0.4) is 0 Å². The minimum Gasteiger partial charge on any atom is -0.396 e. The number of anilines is 1. The zero-order valence-corrected chi connectivity index (χ0v) is 11.0. The number of aliphatic hydroxyl groups is 2. The summed E-state index contributed by atoms with van der Waals surface area (Å²) in [5.74, 6) is 0. The van der Waals surface area contributed by atoms with Crippen LogP contribution in [0, 0.1) is 0 Å². The molecule has 3 heteroatoms. The summed E-state index contributed by atoms with van der Waals surface area (Å²) in [7, 11) is 0. The summed E-state index contributed by atoms with van der Waals surface area (Å²) in [5.41, 5.74) is 2.17. The molecule has 0 radical (unpaired) electrons. The first-order chi connectivity index (χ1) is 8.74. The van der Waals surface area contributed by atoms with E-state index in [9.17, 15) is 5.11 Å². The van der Waals surface area contributed by atoms with Crippen molar-refractivity contribution in [3.8, 4) is 0 Å². The minimum atomic E-state index is -0.430. The second kappa shape index (κ2) is 6.21. The summed E-state index contributed by atoms with van der Waals surface area (Å²) in [6.07, 6.45) is 3.85. The molecule has 0 amide bonds. The van der Waals surface area contributed by atoms with Crippen LogP contribution in [0.2, 0.25) is 0 Å². The quantitative estimate of drug-likeness (QED) is 0.842. The van der Waals surface area contributed by atoms with E-state index in [-0.39, 0.29) is 6.61 Å². The zero-order chi connectivity index (χ0) is 13.0. The predicted molar refractivity (Wildman–Crippen MR) is 73.8 cm³/mol. The van der Waals surface area contributed by atoms with E-state index < -0.39 is 6.10 Å². The molecule has 2 N–H and O–H groups in total. The van der Waals surface area contributed by atoms with Crippen molar-refractivity contribution in [1.82, 2.24) is 0 Å². The van der Waals surface area contributed by atoms with Crippen molar-refractivity contribution >= 4 is 5.69 Å². The number of aliphatic hydroxyl groups excluding tert-OH is 2. The molecule has 1 aliphatic heterocycles. The summed E-state index contributed by atoms with van der Waals surface area (Å²) in [5, 5.41) is 18.8. The van der Waals surface area contributed by atoms with Gasteiger partial charge in [-0.15, -0.1) is 0 Å². The lowest BCUT2D eigenvalue weighted by atomic mass is 10.0. The molecule has 1 saturated heterocycles. The molecule has 1 aromatic carbocycles. The lowest BCUT2D eigenvalue weighted by Crippen LogP contribution is -2.30. The molecule has 2 atom stereocenters. The van der Waals surface area contributed by atoms with Crippen LogP contribution >= 0.6 is 0 Å². The van der Waals surface area contributed by atoms with Crippen LogP contribution in [0.1, 0.15) is 44.3 Å². The van der Waals surface area contributed by atoms with E-state index in [0.717, 1.165) is 30.6 Å². The smallest absolute Gasteiger partial charge is 0.0781 e. The van der Waals surface area contributed by atoms with Gasteiger partial charge in [0.2, 0.25) is 0 Å². The Morgan fingerprint density at radius 3 is 2.89 bits per heavy atom. The Bertz CT molecular complexity index is 379. The van der Waals surface area contributed by atoms with Crippen LogP contribution in [0.5, 0.6) is 0 Å². The largest absolute Gasteiger partial charge is 0.396 e. The SMILES string of the molecule is C[C@H](O)c1ccccc1N1CCCC1CCCO. The van der Waals surface area contributed by atoms with Crippen LogP contribution in [0.4, 0.5) is 5.69 Å². The Balaban J connectivity index is 2.19. The molecule has 1 aromatic rings. The third-order valence-electron chi connectivity index (χ3n) is 3.77. The van der Waals surface area contributed by atoms with Gasteiger partial charge >= 0.3 is 0 Å². The highest BCUT2D eigenvalue weighted by Crippen LogP contribution is 2.33. The van der Waals surface area contributed by atoms with Crippen LogP contribution in [0.25, 0.3) is 0 Å². The number of rotatable bonds is 5. The van der Waals surface area contributed by atoms with Gasteiger partial charge in [0.25, 0.3) is 0 Å². The maximum atomic E-state index is 9.86. The van der Waals surface area contributed by atoms with Crippen LogP contribution in [-0.4, -0.2) is 29.4 Å². The summed E-state index contributed by atoms with van der Waals surface area (Å²) < 4.78 is 0. The second-order valence-corrected chi connectivity index (χ2v) is 5.09. The van der Waals surface area contributed by atoms with Gasteiger partial charge in [0.05, 0.1) is 6.10 Å². The van der Waals surface area contributed by atoms with Crippen molar-refractivity contribution in [2.24, 2.45) is 0 Å². The molecule has 0 aliphatic carbocycles.